The van der Waals surface area contributed by atoms with Crippen LogP contribution in [0.5, 0.6) is 0 Å². The van der Waals surface area contributed by atoms with Crippen molar-refractivity contribution in [1.29, 1.82) is 0 Å². The van der Waals surface area contributed by atoms with Gasteiger partial charge < -0.3 is 10.2 Å². The third-order valence-corrected chi connectivity index (χ3v) is 3.07. The van der Waals surface area contributed by atoms with Gasteiger partial charge in [0, 0.05) is 31.9 Å². The molecule has 1 aliphatic heterocycles. The van der Waals surface area contributed by atoms with Crippen LogP contribution in [0.25, 0.3) is 0 Å². The van der Waals surface area contributed by atoms with Crippen molar-refractivity contribution in [3.05, 3.63) is 29.6 Å². The van der Waals surface area contributed by atoms with Gasteiger partial charge in [-0.25, -0.2) is 0 Å². The van der Waals surface area contributed by atoms with Crippen molar-refractivity contribution < 1.29 is 18.0 Å². The quantitative estimate of drug-likeness (QED) is 0.849. The average molecular weight is 346 g/mol. The predicted octanol–water partition coefficient (Wildman–Crippen LogP) is 2.38. The Labute approximate surface area is 132 Å². The number of nitrogens with zero attached hydrogens (tertiary/aromatic N) is 2. The van der Waals surface area contributed by atoms with E-state index in [2.05, 4.69) is 10.3 Å². The summed E-state index contributed by atoms with van der Waals surface area (Å²) in [5.41, 5.74) is -0.806. The number of rotatable bonds is 1. The summed E-state index contributed by atoms with van der Waals surface area (Å²) in [6.07, 6.45) is -3.74. The van der Waals surface area contributed by atoms with E-state index in [0.717, 1.165) is 12.1 Å². The monoisotopic (exact) mass is 345 g/mol. The zero-order valence-corrected chi connectivity index (χ0v) is 12.8. The summed E-state index contributed by atoms with van der Waals surface area (Å²) in [6, 6.07) is 2.01. The standard InChI is InChI=1S/C12H14F3N3O.2ClH/c1-8-6-16-4-5-18(8)11(19)10-3-2-9(7-17-10)12(13,14)15;;/h2-3,7-8,16H,4-6H2,1H3;2*1H/t8-;;/m1../s1. The van der Waals surface area contributed by atoms with Gasteiger partial charge in [0.2, 0.25) is 0 Å². The van der Waals surface area contributed by atoms with Crippen molar-refractivity contribution in [1.82, 2.24) is 15.2 Å². The molecule has 0 bridgehead atoms. The number of piperazine rings is 1. The largest absolute Gasteiger partial charge is 0.417 e. The molecule has 1 aromatic heterocycles. The summed E-state index contributed by atoms with van der Waals surface area (Å²) in [7, 11) is 0. The Morgan fingerprint density at radius 3 is 2.52 bits per heavy atom. The molecule has 9 heteroatoms. The first-order valence-electron chi connectivity index (χ1n) is 5.94. The smallest absolute Gasteiger partial charge is 0.332 e. The Hall–Kier alpha value is -1.05. The van der Waals surface area contributed by atoms with Crippen molar-refractivity contribution in [2.45, 2.75) is 19.1 Å². The summed E-state index contributed by atoms with van der Waals surface area (Å²) in [5, 5.41) is 3.14. The van der Waals surface area contributed by atoms with E-state index in [-0.39, 0.29) is 42.5 Å². The fourth-order valence-corrected chi connectivity index (χ4v) is 1.98. The number of hydrogen-bond donors (Lipinski definition) is 1. The van der Waals surface area contributed by atoms with Crippen molar-refractivity contribution >= 4 is 30.7 Å². The second-order valence-corrected chi connectivity index (χ2v) is 4.48. The van der Waals surface area contributed by atoms with Gasteiger partial charge in [-0.15, -0.1) is 24.8 Å². The molecule has 2 heterocycles. The Kier molecular flexibility index (Phi) is 7.43. The van der Waals surface area contributed by atoms with E-state index in [9.17, 15) is 18.0 Å². The Bertz CT molecular complexity index is 468. The molecule has 21 heavy (non-hydrogen) atoms. The SMILES string of the molecule is C[C@@H]1CNCCN1C(=O)c1ccc(C(F)(F)F)cn1.Cl.Cl. The van der Waals surface area contributed by atoms with Gasteiger partial charge in [-0.05, 0) is 19.1 Å². The summed E-state index contributed by atoms with van der Waals surface area (Å²) in [4.78, 5) is 17.4. The van der Waals surface area contributed by atoms with Crippen molar-refractivity contribution in [2.75, 3.05) is 19.6 Å². The lowest BCUT2D eigenvalue weighted by Crippen LogP contribution is -2.52. The van der Waals surface area contributed by atoms with E-state index in [4.69, 9.17) is 0 Å². The molecule has 0 aliphatic carbocycles. The highest BCUT2D eigenvalue weighted by atomic mass is 35.5. The topological polar surface area (TPSA) is 45.2 Å². The highest BCUT2D eigenvalue weighted by Gasteiger charge is 2.31. The van der Waals surface area contributed by atoms with E-state index in [1.165, 1.54) is 0 Å². The van der Waals surface area contributed by atoms with Crippen LogP contribution in [0.2, 0.25) is 0 Å². The maximum Gasteiger partial charge on any atom is 0.417 e. The van der Waals surface area contributed by atoms with Crippen LogP contribution in [0.3, 0.4) is 0 Å². The second kappa shape index (κ2) is 7.82. The lowest BCUT2D eigenvalue weighted by molar-refractivity contribution is -0.137. The average Bonchev–Trinajstić information content (AvgIpc) is 2.38. The molecule has 1 aromatic rings. The highest BCUT2D eigenvalue weighted by Crippen LogP contribution is 2.28. The van der Waals surface area contributed by atoms with Gasteiger partial charge in [0.25, 0.3) is 5.91 Å². The summed E-state index contributed by atoms with van der Waals surface area (Å²) in [5.74, 6) is -0.331. The van der Waals surface area contributed by atoms with Crippen LogP contribution in [0.15, 0.2) is 18.3 Å². The number of pyridine rings is 1. The fourth-order valence-electron chi connectivity index (χ4n) is 1.98. The van der Waals surface area contributed by atoms with E-state index >= 15 is 0 Å². The Morgan fingerprint density at radius 2 is 2.05 bits per heavy atom. The first-order valence-corrected chi connectivity index (χ1v) is 5.94. The number of amides is 1. The maximum atomic E-state index is 12.4. The zero-order chi connectivity index (χ0) is 14.0. The summed E-state index contributed by atoms with van der Waals surface area (Å²) >= 11 is 0. The molecule has 0 saturated carbocycles. The zero-order valence-electron chi connectivity index (χ0n) is 11.2. The first kappa shape index (κ1) is 19.9. The van der Waals surface area contributed by atoms with Gasteiger partial charge in [0.1, 0.15) is 5.69 Å². The molecule has 1 fully saturated rings. The third kappa shape index (κ3) is 4.72. The van der Waals surface area contributed by atoms with Crippen LogP contribution >= 0.6 is 24.8 Å². The van der Waals surface area contributed by atoms with Gasteiger partial charge in [-0.2, -0.15) is 13.2 Å². The third-order valence-electron chi connectivity index (χ3n) is 3.07. The number of nitrogens with one attached hydrogen (secondary N) is 1. The molecule has 2 rings (SSSR count). The molecule has 0 spiro atoms. The number of halogens is 5. The minimum atomic E-state index is -4.43. The lowest BCUT2D eigenvalue weighted by atomic mass is 10.2. The molecule has 1 saturated heterocycles. The number of hydrogen-bond acceptors (Lipinski definition) is 3. The summed E-state index contributed by atoms with van der Waals surface area (Å²) in [6.45, 7) is 3.76. The first-order chi connectivity index (χ1) is 8.89. The minimum Gasteiger partial charge on any atom is -0.332 e. The molecule has 4 nitrogen and oxygen atoms in total. The van der Waals surface area contributed by atoms with Crippen LogP contribution in [-0.2, 0) is 6.18 Å². The molecule has 1 atom stereocenters. The van der Waals surface area contributed by atoms with Crippen LogP contribution in [0.1, 0.15) is 23.0 Å². The van der Waals surface area contributed by atoms with Gasteiger partial charge in [0.15, 0.2) is 0 Å². The van der Waals surface area contributed by atoms with Gasteiger partial charge >= 0.3 is 6.18 Å². The molecule has 0 radical (unpaired) electrons. The van der Waals surface area contributed by atoms with Gasteiger partial charge in [-0.1, -0.05) is 0 Å². The van der Waals surface area contributed by atoms with Crippen molar-refractivity contribution in [2.24, 2.45) is 0 Å². The fraction of sp³-hybridized carbons (Fsp3) is 0.500. The minimum absolute atomic E-state index is 0. The second-order valence-electron chi connectivity index (χ2n) is 4.48. The van der Waals surface area contributed by atoms with Crippen LogP contribution in [0.4, 0.5) is 13.2 Å². The molecule has 120 valence electrons. The van der Waals surface area contributed by atoms with Crippen LogP contribution < -0.4 is 5.32 Å². The Morgan fingerprint density at radius 1 is 1.38 bits per heavy atom. The number of carbonyl (C=O) groups excluding carboxylic acids is 1. The maximum absolute atomic E-state index is 12.4. The lowest BCUT2D eigenvalue weighted by Gasteiger charge is -2.33. The Balaban J connectivity index is 0.00000200. The normalized spacial score (nSPS) is 18.5. The molecule has 1 N–H and O–H groups in total. The van der Waals surface area contributed by atoms with E-state index in [0.29, 0.717) is 25.8 Å². The van der Waals surface area contributed by atoms with Crippen LogP contribution in [0, 0.1) is 0 Å². The van der Waals surface area contributed by atoms with Gasteiger partial charge in [-0.3, -0.25) is 9.78 Å². The molecule has 1 aliphatic rings. The number of carbonyl (C=O) groups is 1. The van der Waals surface area contributed by atoms with E-state index in [1.807, 2.05) is 6.92 Å². The number of alkyl halides is 3. The number of aromatic nitrogens is 1. The predicted molar refractivity (Wildman–Crippen MR) is 77.1 cm³/mol. The van der Waals surface area contributed by atoms with E-state index < -0.39 is 11.7 Å². The molecule has 1 amide bonds. The molecule has 0 unspecified atom stereocenters. The molecular weight excluding hydrogens is 330 g/mol. The van der Waals surface area contributed by atoms with Gasteiger partial charge in [0.05, 0.1) is 5.56 Å². The van der Waals surface area contributed by atoms with Crippen LogP contribution in [-0.4, -0.2) is 41.5 Å². The highest BCUT2D eigenvalue weighted by molar-refractivity contribution is 5.92. The molecule has 0 aromatic carbocycles. The molecular formula is C12H16Cl2F3N3O. The van der Waals surface area contributed by atoms with E-state index in [1.54, 1.807) is 4.90 Å². The summed E-state index contributed by atoms with van der Waals surface area (Å²) < 4.78 is 37.2. The van der Waals surface area contributed by atoms with Crippen molar-refractivity contribution in [3.8, 4) is 0 Å². The van der Waals surface area contributed by atoms with Crippen molar-refractivity contribution in [3.63, 3.8) is 0 Å².